The maximum absolute atomic E-state index is 14.0. The van der Waals surface area contributed by atoms with Crippen molar-refractivity contribution in [1.82, 2.24) is 4.98 Å². The van der Waals surface area contributed by atoms with E-state index in [1.54, 1.807) is 0 Å². The SMILES string of the molecule is BN=NC1=N[C@](CF)(c2cc(Br)cnc2F)C[C@@H](C(F)(F)F)O1. The minimum atomic E-state index is -4.80. The Labute approximate surface area is 136 Å². The van der Waals surface area contributed by atoms with E-state index in [1.807, 2.05) is 0 Å². The van der Waals surface area contributed by atoms with E-state index in [4.69, 9.17) is 0 Å². The van der Waals surface area contributed by atoms with Gasteiger partial charge in [0.15, 0.2) is 6.10 Å². The van der Waals surface area contributed by atoms with E-state index in [1.165, 1.54) is 7.98 Å². The van der Waals surface area contributed by atoms with Crippen molar-refractivity contribution in [2.75, 3.05) is 6.67 Å². The number of hydrogen-bond donors (Lipinski definition) is 0. The predicted molar refractivity (Wildman–Crippen MR) is 75.9 cm³/mol. The minimum Gasteiger partial charge on any atom is -0.450 e. The normalized spacial score (nSPS) is 25.3. The molecule has 1 aromatic heterocycles. The Hall–Kier alpha value is -1.59. The Kier molecular flexibility index (Phi) is 5.02. The molecule has 1 aromatic rings. The molecule has 0 saturated carbocycles. The maximum Gasteiger partial charge on any atom is 0.425 e. The van der Waals surface area contributed by atoms with E-state index in [9.17, 15) is 22.0 Å². The second-order valence-corrected chi connectivity index (χ2v) is 5.62. The molecule has 2 heterocycles. The van der Waals surface area contributed by atoms with Gasteiger partial charge in [-0.1, -0.05) is 0 Å². The number of ether oxygens (including phenoxy) is 1. The van der Waals surface area contributed by atoms with E-state index >= 15 is 0 Å². The lowest BCUT2D eigenvalue weighted by Gasteiger charge is -2.36. The van der Waals surface area contributed by atoms with E-state index in [2.05, 4.69) is 40.8 Å². The highest BCUT2D eigenvalue weighted by Gasteiger charge is 2.52. The van der Waals surface area contributed by atoms with Gasteiger partial charge in [0.05, 0.1) is 0 Å². The van der Waals surface area contributed by atoms with Crippen molar-refractivity contribution < 1.29 is 26.7 Å². The molecule has 0 saturated heterocycles. The van der Waals surface area contributed by atoms with Crippen LogP contribution in [0.4, 0.5) is 22.0 Å². The van der Waals surface area contributed by atoms with Gasteiger partial charge in [0.2, 0.25) is 5.95 Å². The molecule has 0 unspecified atom stereocenters. The number of rotatable bonds is 2. The molecule has 124 valence electrons. The summed E-state index contributed by atoms with van der Waals surface area (Å²) in [5.41, 5.74) is -2.57. The Morgan fingerprint density at radius 2 is 2.17 bits per heavy atom. The Bertz CT molecular complexity index is 656. The first-order chi connectivity index (χ1) is 10.7. The summed E-state index contributed by atoms with van der Waals surface area (Å²) in [5.74, 6) is -1.12. The van der Waals surface area contributed by atoms with Gasteiger partial charge < -0.3 is 4.74 Å². The average Bonchev–Trinajstić information content (AvgIpc) is 2.48. The molecule has 0 bridgehead atoms. The molecular formula is C11H9BBrF5N4O. The van der Waals surface area contributed by atoms with Gasteiger partial charge >= 0.3 is 12.2 Å². The number of hydrogen-bond acceptors (Lipinski definition) is 5. The smallest absolute Gasteiger partial charge is 0.425 e. The number of aromatic nitrogens is 1. The lowest BCUT2D eigenvalue weighted by Crippen LogP contribution is -2.46. The molecule has 1 aliphatic heterocycles. The molecule has 0 spiro atoms. The fourth-order valence-electron chi connectivity index (χ4n) is 2.12. The molecule has 0 fully saturated rings. The summed E-state index contributed by atoms with van der Waals surface area (Å²) in [6.07, 6.45) is -7.04. The van der Waals surface area contributed by atoms with E-state index < -0.39 is 48.4 Å². The lowest BCUT2D eigenvalue weighted by molar-refractivity contribution is -0.209. The van der Waals surface area contributed by atoms with Crippen molar-refractivity contribution in [3.8, 4) is 0 Å². The van der Waals surface area contributed by atoms with Crippen LogP contribution < -0.4 is 0 Å². The zero-order valence-corrected chi connectivity index (χ0v) is 13.2. The second-order valence-electron chi connectivity index (χ2n) is 4.70. The van der Waals surface area contributed by atoms with Crippen molar-refractivity contribution in [2.45, 2.75) is 24.2 Å². The van der Waals surface area contributed by atoms with E-state index in [0.717, 1.165) is 12.3 Å². The maximum atomic E-state index is 14.0. The lowest BCUT2D eigenvalue weighted by atomic mass is 9.86. The first kappa shape index (κ1) is 17.8. The van der Waals surface area contributed by atoms with Crippen molar-refractivity contribution in [3.05, 3.63) is 28.2 Å². The number of amidine groups is 1. The van der Waals surface area contributed by atoms with Crippen LogP contribution in [-0.4, -0.2) is 37.9 Å². The number of alkyl halides is 4. The van der Waals surface area contributed by atoms with Gasteiger partial charge in [0, 0.05) is 22.7 Å². The molecule has 1 aliphatic rings. The van der Waals surface area contributed by atoms with E-state index in [-0.39, 0.29) is 4.47 Å². The van der Waals surface area contributed by atoms with Gasteiger partial charge in [0.1, 0.15) is 12.2 Å². The first-order valence-corrected chi connectivity index (χ1v) is 7.01. The highest BCUT2D eigenvalue weighted by Crippen LogP contribution is 2.42. The molecule has 5 nitrogen and oxygen atoms in total. The zero-order chi connectivity index (χ0) is 17.3. The second kappa shape index (κ2) is 6.50. The van der Waals surface area contributed by atoms with Crippen molar-refractivity contribution >= 4 is 29.9 Å². The molecule has 0 aliphatic carbocycles. The molecule has 12 heteroatoms. The average molecular weight is 399 g/mol. The molecule has 2 rings (SSSR count). The topological polar surface area (TPSA) is 59.2 Å². The summed E-state index contributed by atoms with van der Waals surface area (Å²) in [4.78, 5) is 7.10. The fourth-order valence-corrected chi connectivity index (χ4v) is 2.45. The summed E-state index contributed by atoms with van der Waals surface area (Å²) < 4.78 is 71.6. The van der Waals surface area contributed by atoms with Crippen molar-refractivity contribution in [1.29, 1.82) is 0 Å². The van der Waals surface area contributed by atoms with Crippen LogP contribution >= 0.6 is 15.9 Å². The van der Waals surface area contributed by atoms with Crippen molar-refractivity contribution in [3.63, 3.8) is 0 Å². The largest absolute Gasteiger partial charge is 0.450 e. The third-order valence-corrected chi connectivity index (χ3v) is 3.59. The highest BCUT2D eigenvalue weighted by molar-refractivity contribution is 9.10. The predicted octanol–water partition coefficient (Wildman–Crippen LogP) is 2.86. The van der Waals surface area contributed by atoms with Crippen LogP contribution in [0.3, 0.4) is 0 Å². The Morgan fingerprint density at radius 3 is 2.74 bits per heavy atom. The summed E-state index contributed by atoms with van der Waals surface area (Å²) in [5, 5.41) is 6.57. The summed E-state index contributed by atoms with van der Waals surface area (Å²) >= 11 is 3.02. The van der Waals surface area contributed by atoms with E-state index in [0.29, 0.717) is 0 Å². The third kappa shape index (κ3) is 3.67. The highest BCUT2D eigenvalue weighted by atomic mass is 79.9. The van der Waals surface area contributed by atoms with Crippen LogP contribution in [-0.2, 0) is 10.3 Å². The van der Waals surface area contributed by atoms with Crippen LogP contribution in [0.15, 0.2) is 31.9 Å². The van der Waals surface area contributed by atoms with Crippen LogP contribution in [0.1, 0.15) is 12.0 Å². The van der Waals surface area contributed by atoms with Crippen LogP contribution in [0.25, 0.3) is 0 Å². The Morgan fingerprint density at radius 1 is 1.48 bits per heavy atom. The van der Waals surface area contributed by atoms with Gasteiger partial charge in [-0.3, -0.25) is 5.03 Å². The van der Waals surface area contributed by atoms with Crippen LogP contribution in [0.2, 0.25) is 0 Å². The minimum absolute atomic E-state index is 0.269. The number of aliphatic imine (C=N–C) groups is 1. The monoisotopic (exact) mass is 398 g/mol. The zero-order valence-electron chi connectivity index (χ0n) is 11.6. The summed E-state index contributed by atoms with van der Waals surface area (Å²) in [6, 6.07) is 0.364. The summed E-state index contributed by atoms with van der Waals surface area (Å²) in [7, 11) is 1.18. The molecule has 2 atom stereocenters. The molecular weight excluding hydrogens is 390 g/mol. The third-order valence-electron chi connectivity index (χ3n) is 3.16. The molecule has 0 aromatic carbocycles. The molecule has 0 amide bonds. The van der Waals surface area contributed by atoms with Gasteiger partial charge in [-0.25, -0.2) is 14.4 Å². The van der Waals surface area contributed by atoms with Gasteiger partial charge in [-0.05, 0) is 22.0 Å². The number of nitrogens with zero attached hydrogens (tertiary/aromatic N) is 4. The number of halogens is 6. The quantitative estimate of drug-likeness (QED) is 0.333. The van der Waals surface area contributed by atoms with Gasteiger partial charge in [-0.15, -0.1) is 5.11 Å². The van der Waals surface area contributed by atoms with Crippen LogP contribution in [0.5, 0.6) is 0 Å². The number of pyridine rings is 1. The molecule has 23 heavy (non-hydrogen) atoms. The summed E-state index contributed by atoms with van der Waals surface area (Å²) in [6.45, 7) is -1.39. The fraction of sp³-hybridized carbons (Fsp3) is 0.455. The van der Waals surface area contributed by atoms with Gasteiger partial charge in [0.25, 0.3) is 7.98 Å². The van der Waals surface area contributed by atoms with Gasteiger partial charge in [-0.2, -0.15) is 17.6 Å². The molecule has 0 radical (unpaired) electrons. The molecule has 0 N–H and O–H groups in total. The van der Waals surface area contributed by atoms with Crippen LogP contribution in [0, 0.1) is 5.95 Å². The standard InChI is InChI=1S/C11H9BBrF5N4O/c12-22-21-9-20-10(4-14,2-7(23-9)11(16,17)18)6-1-5(13)3-19-8(6)15/h1,3,7H,2,4,12H2/t7-,10+/m0/s1. The first-order valence-electron chi connectivity index (χ1n) is 6.22. The van der Waals surface area contributed by atoms with Crippen molar-refractivity contribution in [2.24, 2.45) is 15.1 Å². The Balaban J connectivity index is 2.61.